The van der Waals surface area contributed by atoms with Gasteiger partial charge in [-0.25, -0.2) is 4.98 Å². The van der Waals surface area contributed by atoms with Gasteiger partial charge in [-0.15, -0.1) is 0 Å². The highest BCUT2D eigenvalue weighted by molar-refractivity contribution is 6.08. The summed E-state index contributed by atoms with van der Waals surface area (Å²) in [7, 11) is 0. The van der Waals surface area contributed by atoms with Gasteiger partial charge in [-0.1, -0.05) is 120 Å². The third-order valence-electron chi connectivity index (χ3n) is 10.9. The number of pyridine rings is 1. The third kappa shape index (κ3) is 4.00. The van der Waals surface area contributed by atoms with E-state index in [0.717, 1.165) is 33.1 Å². The number of hydrogen-bond acceptors (Lipinski definition) is 4. The summed E-state index contributed by atoms with van der Waals surface area (Å²) in [6, 6.07) is 24.2. The minimum Gasteiger partial charge on any atom is -0.278 e. The molecular formula is C41H37N5. The van der Waals surface area contributed by atoms with Crippen molar-refractivity contribution in [3.8, 4) is 40.0 Å². The molecule has 0 amide bonds. The fraction of sp³-hybridized carbons (Fsp3) is 0.220. The number of rotatable bonds is 4. The lowest BCUT2D eigenvalue weighted by Crippen LogP contribution is -2.42. The average molecular weight is 605 g/mol. The summed E-state index contributed by atoms with van der Waals surface area (Å²) in [6.07, 6.45) is 1.72. The van der Waals surface area contributed by atoms with Crippen molar-refractivity contribution in [1.82, 2.24) is 24.5 Å². The van der Waals surface area contributed by atoms with E-state index in [-0.39, 0.29) is 51.5 Å². The van der Waals surface area contributed by atoms with Gasteiger partial charge in [-0.3, -0.25) is 9.55 Å². The Bertz CT molecular complexity index is 2490. The molecule has 226 valence electrons. The number of para-hydroxylation sites is 2. The maximum Gasteiger partial charge on any atom is 0.238 e. The number of hydrogen-bond donors (Lipinski definition) is 0. The average Bonchev–Trinajstić information content (AvgIpc) is 3.51. The first-order valence-electron chi connectivity index (χ1n) is 18.1. The topological polar surface area (TPSA) is 56.5 Å². The molecule has 5 heteroatoms. The Kier molecular flexibility index (Phi) is 5.01. The Labute approximate surface area is 277 Å². The van der Waals surface area contributed by atoms with E-state index in [9.17, 15) is 0 Å². The molecule has 0 atom stereocenters. The monoisotopic (exact) mass is 604 g/mol. The Morgan fingerprint density at radius 1 is 0.587 bits per heavy atom. The second-order valence-corrected chi connectivity index (χ2v) is 13.7. The van der Waals surface area contributed by atoms with Gasteiger partial charge in [0.15, 0.2) is 11.6 Å². The molecule has 46 heavy (non-hydrogen) atoms. The van der Waals surface area contributed by atoms with Gasteiger partial charge in [0.25, 0.3) is 0 Å². The van der Waals surface area contributed by atoms with Gasteiger partial charge in [0.1, 0.15) is 0 Å². The van der Waals surface area contributed by atoms with Crippen LogP contribution in [0.15, 0.2) is 115 Å². The minimum atomic E-state index is -0.479. The molecule has 7 aromatic rings. The fourth-order valence-electron chi connectivity index (χ4n) is 7.12. The lowest BCUT2D eigenvalue weighted by Gasteiger charge is -2.44. The number of benzene rings is 4. The van der Waals surface area contributed by atoms with E-state index in [1.807, 2.05) is 65.2 Å². The molecule has 5 nitrogen and oxygen atoms in total. The molecule has 0 saturated heterocycles. The second kappa shape index (κ2) is 9.92. The first-order valence-corrected chi connectivity index (χ1v) is 15.6. The van der Waals surface area contributed by atoms with Crippen LogP contribution >= 0.6 is 0 Å². The van der Waals surface area contributed by atoms with Crippen LogP contribution in [-0.4, -0.2) is 24.5 Å². The van der Waals surface area contributed by atoms with Gasteiger partial charge < -0.3 is 0 Å². The van der Waals surface area contributed by atoms with Crippen LogP contribution in [0.1, 0.15) is 59.5 Å². The van der Waals surface area contributed by atoms with Crippen molar-refractivity contribution < 1.29 is 6.85 Å². The largest absolute Gasteiger partial charge is 0.278 e. The lowest BCUT2D eigenvalue weighted by atomic mass is 9.59. The molecule has 0 spiro atoms. The van der Waals surface area contributed by atoms with Crippen molar-refractivity contribution in [2.45, 2.75) is 52.4 Å². The van der Waals surface area contributed by atoms with E-state index < -0.39 is 18.1 Å². The normalized spacial score (nSPS) is 17.7. The Morgan fingerprint density at radius 2 is 1.17 bits per heavy atom. The summed E-state index contributed by atoms with van der Waals surface area (Å²) in [4.78, 5) is 19.3. The highest BCUT2D eigenvalue weighted by Gasteiger charge is 2.56. The molecule has 3 heterocycles. The summed E-state index contributed by atoms with van der Waals surface area (Å²) in [5.74, 6) is 0.500. The number of aromatic nitrogens is 5. The van der Waals surface area contributed by atoms with E-state index in [1.54, 1.807) is 6.20 Å². The molecule has 0 saturated carbocycles. The molecular weight excluding hydrogens is 562 g/mol. The van der Waals surface area contributed by atoms with Crippen LogP contribution in [0, 0.1) is 5.41 Å². The highest BCUT2D eigenvalue weighted by atomic mass is 15.2. The standard InChI is InChI=1S/C41H37N5/c1-39(2)31-22-20-27(24-32(31)40(3,4)41(39,5)6)33-23-21-28(25-42-33)37-43-36(26-14-8-7-9-15-26)44-38(45-37)46-34-18-12-10-16-29(34)30-17-11-13-19-35(30)46/h7-25H,1-6H3/i7D,8D,9D,14D,15D. The summed E-state index contributed by atoms with van der Waals surface area (Å²) in [5, 5.41) is 2.02. The SMILES string of the molecule is [2H]c1c([2H])c([2H])c(-c2nc(-c3ccc(-c4ccc5c(c4)C(C)(C)C(C)(C)C5(C)C)nc3)nc(-n3c4ccccc4c4ccccc43)n2)c([2H])c1[2H]. The van der Waals surface area contributed by atoms with Crippen LogP contribution in [-0.2, 0) is 10.8 Å². The van der Waals surface area contributed by atoms with Gasteiger partial charge in [-0.05, 0) is 57.7 Å². The zero-order valence-electron chi connectivity index (χ0n) is 31.8. The van der Waals surface area contributed by atoms with E-state index in [2.05, 4.69) is 59.7 Å². The number of nitrogens with zero attached hydrogens (tertiary/aromatic N) is 5. The summed E-state index contributed by atoms with van der Waals surface area (Å²) >= 11 is 0. The van der Waals surface area contributed by atoms with Crippen molar-refractivity contribution in [3.05, 3.63) is 126 Å². The van der Waals surface area contributed by atoms with E-state index >= 15 is 0 Å². The molecule has 4 aromatic carbocycles. The number of fused-ring (bicyclic) bond motifs is 4. The third-order valence-corrected chi connectivity index (χ3v) is 10.9. The predicted molar refractivity (Wildman–Crippen MR) is 188 cm³/mol. The Balaban J connectivity index is 1.31. The molecule has 3 aromatic heterocycles. The van der Waals surface area contributed by atoms with Crippen LogP contribution in [0.3, 0.4) is 0 Å². The lowest BCUT2D eigenvalue weighted by molar-refractivity contribution is 0.125. The van der Waals surface area contributed by atoms with E-state index in [4.69, 9.17) is 26.8 Å². The molecule has 1 aliphatic carbocycles. The van der Waals surface area contributed by atoms with Crippen LogP contribution in [0.2, 0.25) is 0 Å². The Hall–Kier alpha value is -5.16. The van der Waals surface area contributed by atoms with E-state index in [1.165, 1.54) is 11.1 Å². The molecule has 0 N–H and O–H groups in total. The summed E-state index contributed by atoms with van der Waals surface area (Å²) in [6.45, 7) is 14.0. The Morgan fingerprint density at radius 3 is 1.80 bits per heavy atom. The van der Waals surface area contributed by atoms with Crippen molar-refractivity contribution in [1.29, 1.82) is 0 Å². The zero-order chi connectivity index (χ0) is 36.2. The van der Waals surface area contributed by atoms with Crippen LogP contribution in [0.4, 0.5) is 0 Å². The second-order valence-electron chi connectivity index (χ2n) is 13.7. The van der Waals surface area contributed by atoms with Gasteiger partial charge in [0.05, 0.1) is 23.6 Å². The molecule has 0 radical (unpaired) electrons. The summed E-state index contributed by atoms with van der Waals surface area (Å²) in [5.41, 5.74) is 6.75. The maximum absolute atomic E-state index is 8.72. The van der Waals surface area contributed by atoms with Crippen molar-refractivity contribution in [3.63, 3.8) is 0 Å². The summed E-state index contributed by atoms with van der Waals surface area (Å²) < 4.78 is 44.2. The minimum absolute atomic E-state index is 0.00634. The van der Waals surface area contributed by atoms with Gasteiger partial charge in [-0.2, -0.15) is 9.97 Å². The molecule has 0 aliphatic heterocycles. The quantitative estimate of drug-likeness (QED) is 0.201. The van der Waals surface area contributed by atoms with Crippen molar-refractivity contribution >= 4 is 21.8 Å². The van der Waals surface area contributed by atoms with Crippen LogP contribution < -0.4 is 0 Å². The molecule has 1 aliphatic rings. The van der Waals surface area contributed by atoms with Crippen LogP contribution in [0.5, 0.6) is 0 Å². The fourth-order valence-corrected chi connectivity index (χ4v) is 7.12. The van der Waals surface area contributed by atoms with Gasteiger partial charge in [0, 0.05) is 33.7 Å². The smallest absolute Gasteiger partial charge is 0.238 e. The van der Waals surface area contributed by atoms with E-state index in [0.29, 0.717) is 5.56 Å². The van der Waals surface area contributed by atoms with Crippen molar-refractivity contribution in [2.24, 2.45) is 5.41 Å². The molecule has 0 unspecified atom stereocenters. The first kappa shape index (κ1) is 23.2. The molecule has 0 bridgehead atoms. The molecule has 8 rings (SSSR count). The first-order chi connectivity index (χ1) is 24.1. The van der Waals surface area contributed by atoms with Crippen molar-refractivity contribution in [2.75, 3.05) is 0 Å². The van der Waals surface area contributed by atoms with Crippen LogP contribution in [0.25, 0.3) is 61.8 Å². The molecule has 0 fully saturated rings. The predicted octanol–water partition coefficient (Wildman–Crippen LogP) is 9.96. The van der Waals surface area contributed by atoms with Gasteiger partial charge >= 0.3 is 0 Å². The highest BCUT2D eigenvalue weighted by Crippen LogP contribution is 2.61. The zero-order valence-corrected chi connectivity index (χ0v) is 26.8. The maximum atomic E-state index is 8.72. The van der Waals surface area contributed by atoms with Gasteiger partial charge in [0.2, 0.25) is 5.95 Å².